The van der Waals surface area contributed by atoms with Gasteiger partial charge in [0.2, 0.25) is 5.91 Å². The minimum absolute atomic E-state index is 0.0213. The third-order valence-corrected chi connectivity index (χ3v) is 3.20. The number of carbonyl (C=O) groups excluding carboxylic acids is 1. The van der Waals surface area contributed by atoms with Gasteiger partial charge >= 0.3 is 0 Å². The lowest BCUT2D eigenvalue weighted by atomic mass is 9.89. The molecule has 0 bridgehead atoms. The predicted octanol–water partition coefficient (Wildman–Crippen LogP) is 0.511. The van der Waals surface area contributed by atoms with Crippen LogP contribution in [0.3, 0.4) is 0 Å². The minimum Gasteiger partial charge on any atom is -0.396 e. The number of hydrogen-bond donors (Lipinski definition) is 3. The van der Waals surface area contributed by atoms with Crippen LogP contribution in [0.5, 0.6) is 0 Å². The van der Waals surface area contributed by atoms with Crippen LogP contribution < -0.4 is 10.6 Å². The molecule has 1 saturated heterocycles. The summed E-state index contributed by atoms with van der Waals surface area (Å²) >= 11 is 0. The third kappa shape index (κ3) is 4.49. The highest BCUT2D eigenvalue weighted by Gasteiger charge is 2.23. The van der Waals surface area contributed by atoms with Crippen molar-refractivity contribution in [1.29, 1.82) is 0 Å². The maximum Gasteiger partial charge on any atom is 0.224 e. The molecule has 4 nitrogen and oxygen atoms in total. The van der Waals surface area contributed by atoms with Crippen molar-refractivity contribution in [2.75, 3.05) is 26.2 Å². The Hall–Kier alpha value is -0.610. The van der Waals surface area contributed by atoms with E-state index in [-0.39, 0.29) is 23.8 Å². The van der Waals surface area contributed by atoms with Crippen LogP contribution >= 0.6 is 0 Å². The standard InChI is InChI=1S/C12H24N2O2/c1-12(2,5-7-15)9-14-11(16)10-4-3-6-13-8-10/h10,13,15H,3-9H2,1-2H3,(H,14,16)/t10-/m1/s1. The Kier molecular flexibility index (Phi) is 5.22. The first-order chi connectivity index (χ1) is 7.55. The molecular formula is C12H24N2O2. The fourth-order valence-electron chi connectivity index (χ4n) is 1.94. The largest absolute Gasteiger partial charge is 0.396 e. The summed E-state index contributed by atoms with van der Waals surface area (Å²) in [7, 11) is 0. The third-order valence-electron chi connectivity index (χ3n) is 3.20. The molecule has 0 unspecified atom stereocenters. The Balaban J connectivity index is 2.28. The van der Waals surface area contributed by atoms with Crippen molar-refractivity contribution in [3.05, 3.63) is 0 Å². The van der Waals surface area contributed by atoms with Gasteiger partial charge in [-0.15, -0.1) is 0 Å². The number of amides is 1. The SMILES string of the molecule is CC(C)(CCO)CNC(=O)[C@@H]1CCCNC1. The van der Waals surface area contributed by atoms with Crippen molar-refractivity contribution in [1.82, 2.24) is 10.6 Å². The van der Waals surface area contributed by atoms with Gasteiger partial charge in [-0.1, -0.05) is 13.8 Å². The lowest BCUT2D eigenvalue weighted by molar-refractivity contribution is -0.126. The van der Waals surface area contributed by atoms with Gasteiger partial charge in [0.15, 0.2) is 0 Å². The van der Waals surface area contributed by atoms with Crippen LogP contribution in [0.1, 0.15) is 33.1 Å². The summed E-state index contributed by atoms with van der Waals surface area (Å²) < 4.78 is 0. The maximum atomic E-state index is 11.8. The average Bonchev–Trinajstić information content (AvgIpc) is 2.27. The highest BCUT2D eigenvalue weighted by atomic mass is 16.3. The molecule has 0 aromatic rings. The van der Waals surface area contributed by atoms with E-state index in [9.17, 15) is 4.79 Å². The molecule has 94 valence electrons. The quantitative estimate of drug-likeness (QED) is 0.642. The monoisotopic (exact) mass is 228 g/mol. The van der Waals surface area contributed by atoms with Crippen LogP contribution in [0.4, 0.5) is 0 Å². The van der Waals surface area contributed by atoms with Crippen LogP contribution in [0.25, 0.3) is 0 Å². The zero-order chi connectivity index (χ0) is 12.0. The van der Waals surface area contributed by atoms with E-state index in [1.165, 1.54) is 0 Å². The van der Waals surface area contributed by atoms with Crippen LogP contribution in [-0.2, 0) is 4.79 Å². The van der Waals surface area contributed by atoms with Crippen LogP contribution in [0, 0.1) is 11.3 Å². The summed E-state index contributed by atoms with van der Waals surface area (Å²) in [5.74, 6) is 0.275. The Labute approximate surface area is 97.8 Å². The zero-order valence-electron chi connectivity index (χ0n) is 10.4. The number of rotatable bonds is 5. The molecule has 4 heteroatoms. The van der Waals surface area contributed by atoms with E-state index >= 15 is 0 Å². The second kappa shape index (κ2) is 6.21. The number of piperidine rings is 1. The lowest BCUT2D eigenvalue weighted by Crippen LogP contribution is -2.43. The van der Waals surface area contributed by atoms with Crippen LogP contribution in [0.15, 0.2) is 0 Å². The summed E-state index contributed by atoms with van der Waals surface area (Å²) in [5.41, 5.74) is -0.0213. The highest BCUT2D eigenvalue weighted by Crippen LogP contribution is 2.18. The Morgan fingerprint density at radius 2 is 2.31 bits per heavy atom. The Morgan fingerprint density at radius 3 is 2.88 bits per heavy atom. The number of aliphatic hydroxyl groups excluding tert-OH is 1. The fraction of sp³-hybridized carbons (Fsp3) is 0.917. The molecule has 1 fully saturated rings. The van der Waals surface area contributed by atoms with Gasteiger partial charge in [-0.3, -0.25) is 4.79 Å². The molecule has 16 heavy (non-hydrogen) atoms. The maximum absolute atomic E-state index is 11.8. The van der Waals surface area contributed by atoms with E-state index in [0.717, 1.165) is 32.4 Å². The zero-order valence-corrected chi connectivity index (χ0v) is 10.4. The van der Waals surface area contributed by atoms with Gasteiger partial charge in [0.1, 0.15) is 0 Å². The van der Waals surface area contributed by atoms with Gasteiger partial charge in [-0.25, -0.2) is 0 Å². The molecule has 0 aromatic heterocycles. The molecule has 1 heterocycles. The molecular weight excluding hydrogens is 204 g/mol. The smallest absolute Gasteiger partial charge is 0.224 e. The molecule has 3 N–H and O–H groups in total. The van der Waals surface area contributed by atoms with Crippen molar-refractivity contribution < 1.29 is 9.90 Å². The molecule has 0 aromatic carbocycles. The molecule has 1 atom stereocenters. The Bertz CT molecular complexity index is 223. The molecule has 1 amide bonds. The van der Waals surface area contributed by atoms with Crippen molar-refractivity contribution in [2.24, 2.45) is 11.3 Å². The predicted molar refractivity (Wildman–Crippen MR) is 64.1 cm³/mol. The topological polar surface area (TPSA) is 61.4 Å². The molecule has 1 aliphatic rings. The first-order valence-electron chi connectivity index (χ1n) is 6.14. The normalized spacial score (nSPS) is 21.8. The van der Waals surface area contributed by atoms with Crippen LogP contribution in [-0.4, -0.2) is 37.3 Å². The van der Waals surface area contributed by atoms with Gasteiger partial charge < -0.3 is 15.7 Å². The number of aliphatic hydroxyl groups is 1. The van der Waals surface area contributed by atoms with E-state index in [1.807, 2.05) is 0 Å². The van der Waals surface area contributed by atoms with Gasteiger partial charge in [0.05, 0.1) is 5.92 Å². The minimum atomic E-state index is -0.0213. The van der Waals surface area contributed by atoms with E-state index < -0.39 is 0 Å². The first-order valence-corrected chi connectivity index (χ1v) is 6.14. The molecule has 0 spiro atoms. The van der Waals surface area contributed by atoms with Crippen molar-refractivity contribution in [3.8, 4) is 0 Å². The highest BCUT2D eigenvalue weighted by molar-refractivity contribution is 5.79. The fourth-order valence-corrected chi connectivity index (χ4v) is 1.94. The van der Waals surface area contributed by atoms with E-state index in [2.05, 4.69) is 24.5 Å². The molecule has 1 rings (SSSR count). The van der Waals surface area contributed by atoms with Crippen molar-refractivity contribution in [2.45, 2.75) is 33.1 Å². The van der Waals surface area contributed by atoms with E-state index in [4.69, 9.17) is 5.11 Å². The number of hydrogen-bond acceptors (Lipinski definition) is 3. The summed E-state index contributed by atoms with van der Waals surface area (Å²) in [6.07, 6.45) is 2.79. The number of carbonyl (C=O) groups is 1. The molecule has 0 saturated carbocycles. The number of nitrogens with one attached hydrogen (secondary N) is 2. The van der Waals surface area contributed by atoms with Gasteiger partial charge in [0, 0.05) is 19.7 Å². The van der Waals surface area contributed by atoms with E-state index in [0.29, 0.717) is 6.54 Å². The van der Waals surface area contributed by atoms with Crippen molar-refractivity contribution >= 4 is 5.91 Å². The summed E-state index contributed by atoms with van der Waals surface area (Å²) in [5, 5.41) is 15.1. The van der Waals surface area contributed by atoms with E-state index in [1.54, 1.807) is 0 Å². The molecule has 0 radical (unpaired) electrons. The summed E-state index contributed by atoms with van der Waals surface area (Å²) in [4.78, 5) is 11.8. The van der Waals surface area contributed by atoms with Gasteiger partial charge in [-0.2, -0.15) is 0 Å². The second-order valence-electron chi connectivity index (χ2n) is 5.40. The summed E-state index contributed by atoms with van der Waals surface area (Å²) in [6, 6.07) is 0. The molecule has 0 aliphatic carbocycles. The van der Waals surface area contributed by atoms with Crippen LogP contribution in [0.2, 0.25) is 0 Å². The average molecular weight is 228 g/mol. The lowest BCUT2D eigenvalue weighted by Gasteiger charge is -2.27. The second-order valence-corrected chi connectivity index (χ2v) is 5.40. The Morgan fingerprint density at radius 1 is 1.56 bits per heavy atom. The summed E-state index contributed by atoms with van der Waals surface area (Å²) in [6.45, 7) is 6.76. The molecule has 1 aliphatic heterocycles. The van der Waals surface area contributed by atoms with Crippen molar-refractivity contribution in [3.63, 3.8) is 0 Å². The first kappa shape index (κ1) is 13.5. The van der Waals surface area contributed by atoms with Gasteiger partial charge in [-0.05, 0) is 31.2 Å². The van der Waals surface area contributed by atoms with Gasteiger partial charge in [0.25, 0.3) is 0 Å².